The van der Waals surface area contributed by atoms with Gasteiger partial charge in [-0.05, 0) is 36.6 Å². The second-order valence-corrected chi connectivity index (χ2v) is 10.4. The van der Waals surface area contributed by atoms with E-state index in [1.54, 1.807) is 37.3 Å². The largest absolute Gasteiger partial charge is 0.463 e. The standard InChI is InChI=1S/C30H31ClFN5O6/c1-3-41-28(40)30(18(2)38,14-19-10-6-4-7-11-19)42-16-21-24(39)22(32)27(43-21)37-17-34-23-25(35-29(31)36-26(23)37)33-15-20-12-8-5-9-13-20/h4-13,17,21-22,24,27,39H,3,14-16H2,1-2H3,(H,33,35,36)/t21-,22+,24-,27-,30?/m1/s1. The van der Waals surface area contributed by atoms with Gasteiger partial charge in [0.2, 0.25) is 10.9 Å². The Morgan fingerprint density at radius 2 is 1.79 bits per heavy atom. The fraction of sp³-hybridized carbons (Fsp3) is 0.367. The molecule has 43 heavy (non-hydrogen) atoms. The van der Waals surface area contributed by atoms with Crippen molar-refractivity contribution in [2.24, 2.45) is 0 Å². The number of ketones is 1. The highest BCUT2D eigenvalue weighted by atomic mass is 35.5. The van der Waals surface area contributed by atoms with Crippen molar-refractivity contribution in [2.75, 3.05) is 18.5 Å². The van der Waals surface area contributed by atoms with E-state index in [4.69, 9.17) is 25.8 Å². The van der Waals surface area contributed by atoms with Gasteiger partial charge in [-0.2, -0.15) is 9.97 Å². The summed E-state index contributed by atoms with van der Waals surface area (Å²) in [6.45, 7) is 2.80. The number of alkyl halides is 1. The summed E-state index contributed by atoms with van der Waals surface area (Å²) >= 11 is 6.20. The Labute approximate surface area is 252 Å². The molecule has 0 bridgehead atoms. The molecule has 226 valence electrons. The molecular formula is C30H31ClFN5O6. The Morgan fingerprint density at radius 3 is 2.44 bits per heavy atom. The zero-order valence-electron chi connectivity index (χ0n) is 23.5. The summed E-state index contributed by atoms with van der Waals surface area (Å²) in [6.07, 6.45) is -4.97. The van der Waals surface area contributed by atoms with E-state index in [0.29, 0.717) is 23.4 Å². The number of aliphatic hydroxyl groups excluding tert-OH is 1. The lowest BCUT2D eigenvalue weighted by molar-refractivity contribution is -0.183. The zero-order chi connectivity index (χ0) is 30.6. The highest BCUT2D eigenvalue weighted by molar-refractivity contribution is 6.28. The number of carbonyl (C=O) groups excluding carboxylic acids is 2. The molecule has 1 unspecified atom stereocenters. The van der Waals surface area contributed by atoms with E-state index >= 15 is 4.39 Å². The van der Waals surface area contributed by atoms with Crippen molar-refractivity contribution in [1.82, 2.24) is 19.5 Å². The molecule has 2 N–H and O–H groups in total. The average Bonchev–Trinajstić information content (AvgIpc) is 3.54. The van der Waals surface area contributed by atoms with Crippen LogP contribution in [0.4, 0.5) is 10.2 Å². The summed E-state index contributed by atoms with van der Waals surface area (Å²) in [5, 5.41) is 13.9. The van der Waals surface area contributed by atoms with Crippen LogP contribution in [-0.4, -0.2) is 73.6 Å². The Hall–Kier alpha value is -3.97. The van der Waals surface area contributed by atoms with E-state index in [1.165, 1.54) is 17.8 Å². The first-order valence-corrected chi connectivity index (χ1v) is 14.1. The van der Waals surface area contributed by atoms with E-state index in [0.717, 1.165) is 5.56 Å². The summed E-state index contributed by atoms with van der Waals surface area (Å²) in [5.74, 6) is -1.14. The normalized spacial score (nSPS) is 21.4. The number of nitrogens with zero attached hydrogens (tertiary/aromatic N) is 4. The van der Waals surface area contributed by atoms with Crippen LogP contribution < -0.4 is 5.32 Å². The fourth-order valence-electron chi connectivity index (χ4n) is 4.95. The topological polar surface area (TPSA) is 138 Å². The molecule has 1 saturated heterocycles. The van der Waals surface area contributed by atoms with Crippen LogP contribution in [-0.2, 0) is 36.8 Å². The maximum atomic E-state index is 15.6. The number of halogens is 2. The Kier molecular flexibility index (Phi) is 9.31. The summed E-state index contributed by atoms with van der Waals surface area (Å²) in [6, 6.07) is 18.4. The molecule has 4 aromatic rings. The molecular weight excluding hydrogens is 581 g/mol. The number of nitrogens with one attached hydrogen (secondary N) is 1. The molecule has 0 aliphatic carbocycles. The predicted octanol–water partition coefficient (Wildman–Crippen LogP) is 3.84. The van der Waals surface area contributed by atoms with Gasteiger partial charge in [0.25, 0.3) is 0 Å². The lowest BCUT2D eigenvalue weighted by Crippen LogP contribution is -2.52. The van der Waals surface area contributed by atoms with Crippen LogP contribution in [0.5, 0.6) is 0 Å². The van der Waals surface area contributed by atoms with Gasteiger partial charge in [0.15, 0.2) is 35.2 Å². The van der Waals surface area contributed by atoms with Crippen molar-refractivity contribution < 1.29 is 33.3 Å². The quantitative estimate of drug-likeness (QED) is 0.138. The highest BCUT2D eigenvalue weighted by Gasteiger charge is 2.50. The summed E-state index contributed by atoms with van der Waals surface area (Å²) in [5.41, 5.74) is 0.136. The second kappa shape index (κ2) is 13.1. The summed E-state index contributed by atoms with van der Waals surface area (Å²) < 4.78 is 33.9. The average molecular weight is 612 g/mol. The van der Waals surface area contributed by atoms with E-state index in [1.807, 2.05) is 30.3 Å². The number of aliphatic hydroxyl groups is 1. The number of anilines is 1. The number of imidazole rings is 1. The molecule has 0 amide bonds. The van der Waals surface area contributed by atoms with Gasteiger partial charge in [0.05, 0.1) is 19.5 Å². The molecule has 5 atom stereocenters. The van der Waals surface area contributed by atoms with Crippen molar-refractivity contribution in [1.29, 1.82) is 0 Å². The van der Waals surface area contributed by atoms with E-state index in [2.05, 4.69) is 20.3 Å². The molecule has 1 aliphatic rings. The van der Waals surface area contributed by atoms with Gasteiger partial charge in [-0.3, -0.25) is 9.36 Å². The SMILES string of the molecule is CCOC(=O)C(Cc1ccccc1)(OC[C@H]1O[C@@H](n2cnc3c(NCc4ccccc4)nc(Cl)nc32)[C@@H](F)[C@@H]1O)C(C)=O. The number of ether oxygens (including phenoxy) is 3. The summed E-state index contributed by atoms with van der Waals surface area (Å²) in [4.78, 5) is 38.8. The lowest BCUT2D eigenvalue weighted by Gasteiger charge is -2.30. The molecule has 5 rings (SSSR count). The monoisotopic (exact) mass is 611 g/mol. The first-order valence-electron chi connectivity index (χ1n) is 13.7. The number of benzene rings is 2. The molecule has 2 aromatic heterocycles. The number of carbonyl (C=O) groups is 2. The van der Waals surface area contributed by atoms with Gasteiger partial charge in [-0.15, -0.1) is 0 Å². The Balaban J connectivity index is 1.37. The van der Waals surface area contributed by atoms with Gasteiger partial charge >= 0.3 is 5.97 Å². The van der Waals surface area contributed by atoms with Crippen LogP contribution in [0, 0.1) is 0 Å². The molecule has 1 fully saturated rings. The summed E-state index contributed by atoms with van der Waals surface area (Å²) in [7, 11) is 0. The van der Waals surface area contributed by atoms with Crippen molar-refractivity contribution in [3.8, 4) is 0 Å². The molecule has 1 aliphatic heterocycles. The second-order valence-electron chi connectivity index (χ2n) is 10.1. The number of rotatable bonds is 12. The molecule has 0 radical (unpaired) electrons. The number of fused-ring (bicyclic) bond motifs is 1. The maximum Gasteiger partial charge on any atom is 0.346 e. The zero-order valence-corrected chi connectivity index (χ0v) is 24.3. The number of Topliss-reactive ketones (excluding diaryl/α,β-unsaturated/α-hetero) is 1. The third-order valence-corrected chi connectivity index (χ3v) is 7.40. The third kappa shape index (κ3) is 6.37. The Bertz CT molecular complexity index is 1580. The van der Waals surface area contributed by atoms with E-state index in [9.17, 15) is 14.7 Å². The third-order valence-electron chi connectivity index (χ3n) is 7.23. The molecule has 0 saturated carbocycles. The lowest BCUT2D eigenvalue weighted by atomic mass is 9.90. The molecule has 0 spiro atoms. The van der Waals surface area contributed by atoms with Crippen molar-refractivity contribution in [3.63, 3.8) is 0 Å². The minimum absolute atomic E-state index is 0.0174. The predicted molar refractivity (Wildman–Crippen MR) is 155 cm³/mol. The smallest absolute Gasteiger partial charge is 0.346 e. The van der Waals surface area contributed by atoms with E-state index in [-0.39, 0.29) is 24.0 Å². The molecule has 13 heteroatoms. The van der Waals surface area contributed by atoms with Crippen LogP contribution in [0.25, 0.3) is 11.2 Å². The van der Waals surface area contributed by atoms with Gasteiger partial charge < -0.3 is 24.6 Å². The first-order chi connectivity index (χ1) is 20.7. The van der Waals surface area contributed by atoms with Gasteiger partial charge in [-0.25, -0.2) is 14.2 Å². The van der Waals surface area contributed by atoms with Crippen molar-refractivity contribution >= 4 is 40.3 Å². The molecule has 3 heterocycles. The van der Waals surface area contributed by atoms with Gasteiger partial charge in [-0.1, -0.05) is 60.7 Å². The highest BCUT2D eigenvalue weighted by Crippen LogP contribution is 2.36. The molecule has 11 nitrogen and oxygen atoms in total. The number of aromatic nitrogens is 4. The van der Waals surface area contributed by atoms with Crippen LogP contribution in [0.3, 0.4) is 0 Å². The van der Waals surface area contributed by atoms with E-state index < -0.39 is 48.6 Å². The van der Waals surface area contributed by atoms with Crippen molar-refractivity contribution in [2.45, 2.75) is 57.0 Å². The minimum Gasteiger partial charge on any atom is -0.463 e. The number of hydrogen-bond acceptors (Lipinski definition) is 10. The maximum absolute atomic E-state index is 15.6. The number of esters is 1. The fourth-order valence-corrected chi connectivity index (χ4v) is 5.12. The van der Waals surface area contributed by atoms with Crippen LogP contribution >= 0.6 is 11.6 Å². The van der Waals surface area contributed by atoms with Crippen LogP contribution in [0.2, 0.25) is 5.28 Å². The van der Waals surface area contributed by atoms with Crippen molar-refractivity contribution in [3.05, 3.63) is 83.4 Å². The molecule has 2 aromatic carbocycles. The van der Waals surface area contributed by atoms with Gasteiger partial charge in [0, 0.05) is 13.0 Å². The van der Waals surface area contributed by atoms with Crippen LogP contribution in [0.15, 0.2) is 67.0 Å². The minimum atomic E-state index is -2.02. The number of hydrogen-bond donors (Lipinski definition) is 2. The van der Waals surface area contributed by atoms with Gasteiger partial charge in [0.1, 0.15) is 12.2 Å². The first kappa shape index (κ1) is 30.5. The Morgan fingerprint density at radius 1 is 1.12 bits per heavy atom. The van der Waals surface area contributed by atoms with Crippen LogP contribution in [0.1, 0.15) is 31.2 Å².